The van der Waals surface area contributed by atoms with Crippen molar-refractivity contribution in [1.82, 2.24) is 0 Å². The number of fused-ring (bicyclic) bond motifs is 1. The van der Waals surface area contributed by atoms with E-state index >= 15 is 0 Å². The molecule has 0 heterocycles. The highest BCUT2D eigenvalue weighted by Gasteiger charge is 2.13. The maximum Gasteiger partial charge on any atom is 0.252 e. The number of rotatable bonds is 5. The second kappa shape index (κ2) is 5.81. The van der Waals surface area contributed by atoms with Gasteiger partial charge in [-0.05, 0) is 29.1 Å². The van der Waals surface area contributed by atoms with E-state index in [4.69, 9.17) is 16.3 Å². The van der Waals surface area contributed by atoms with E-state index in [0.717, 1.165) is 10.8 Å². The molecular formula is C14H13ClO4S. The van der Waals surface area contributed by atoms with Gasteiger partial charge >= 0.3 is 0 Å². The molecule has 0 radical (unpaired) electrons. The molecule has 0 bridgehead atoms. The number of hydrogen-bond donors (Lipinski definition) is 0. The highest BCUT2D eigenvalue weighted by molar-refractivity contribution is 7.91. The summed E-state index contributed by atoms with van der Waals surface area (Å²) in [5.74, 6) is -0.0870. The maximum absolute atomic E-state index is 11.5. The van der Waals surface area contributed by atoms with Gasteiger partial charge in [-0.3, -0.25) is 4.79 Å². The van der Waals surface area contributed by atoms with Gasteiger partial charge < -0.3 is 4.74 Å². The Balaban J connectivity index is 2.47. The topological polar surface area (TPSA) is 60.4 Å². The summed E-state index contributed by atoms with van der Waals surface area (Å²) in [6.07, 6.45) is 0. The summed E-state index contributed by atoms with van der Waals surface area (Å²) in [6, 6.07) is 10.3. The summed E-state index contributed by atoms with van der Waals surface area (Å²) in [5, 5.41) is 0.891. The molecule has 0 saturated carbocycles. The van der Waals surface area contributed by atoms with E-state index in [2.05, 4.69) is 0 Å². The lowest BCUT2D eigenvalue weighted by molar-refractivity contribution is 0.108. The minimum atomic E-state index is -3.26. The first-order valence-electron chi connectivity index (χ1n) is 5.99. The molecule has 0 unspecified atom stereocenters. The molecule has 6 heteroatoms. The lowest BCUT2D eigenvalue weighted by Crippen LogP contribution is -2.14. The Morgan fingerprint density at radius 2 is 1.95 bits per heavy atom. The summed E-state index contributed by atoms with van der Waals surface area (Å²) in [4.78, 5) is 11.3. The van der Waals surface area contributed by atoms with Crippen molar-refractivity contribution in [1.29, 1.82) is 0 Å². The van der Waals surface area contributed by atoms with E-state index in [1.165, 1.54) is 6.07 Å². The smallest absolute Gasteiger partial charge is 0.252 e. The molecule has 2 aromatic carbocycles. The SMILES string of the molecule is CCS(=O)(=O)COc1cc(C(=O)Cl)cc2ccccc12. The number of ether oxygens (including phenoxy) is 1. The quantitative estimate of drug-likeness (QED) is 0.796. The molecule has 2 aromatic rings. The zero-order valence-corrected chi connectivity index (χ0v) is 12.4. The standard InChI is InChI=1S/C14H13ClO4S/c1-2-20(17,18)9-19-13-8-11(14(15)16)7-10-5-3-4-6-12(10)13/h3-8H,2,9H2,1H3. The molecule has 0 aromatic heterocycles. The van der Waals surface area contributed by atoms with E-state index < -0.39 is 21.0 Å². The largest absolute Gasteiger partial charge is 0.477 e. The lowest BCUT2D eigenvalue weighted by atomic mass is 10.1. The Kier molecular flexibility index (Phi) is 4.30. The van der Waals surface area contributed by atoms with Gasteiger partial charge in [0, 0.05) is 10.9 Å². The third-order valence-corrected chi connectivity index (χ3v) is 4.46. The van der Waals surface area contributed by atoms with Gasteiger partial charge in [0.1, 0.15) is 5.75 Å². The molecule has 0 N–H and O–H groups in total. The fourth-order valence-corrected chi connectivity index (χ4v) is 2.33. The monoisotopic (exact) mass is 312 g/mol. The summed E-state index contributed by atoms with van der Waals surface area (Å²) < 4.78 is 28.4. The van der Waals surface area contributed by atoms with Crippen LogP contribution in [0.4, 0.5) is 0 Å². The average Bonchev–Trinajstić information content (AvgIpc) is 2.44. The van der Waals surface area contributed by atoms with Gasteiger partial charge in [0.05, 0.1) is 5.75 Å². The molecule has 4 nitrogen and oxygen atoms in total. The molecule has 106 valence electrons. The van der Waals surface area contributed by atoms with Crippen LogP contribution in [0, 0.1) is 0 Å². The van der Waals surface area contributed by atoms with Crippen LogP contribution in [0.25, 0.3) is 10.8 Å². The minimum absolute atomic E-state index is 0.000933. The van der Waals surface area contributed by atoms with E-state index in [1.54, 1.807) is 25.1 Å². The molecule has 0 amide bonds. The van der Waals surface area contributed by atoms with E-state index in [0.29, 0.717) is 5.75 Å². The summed E-state index contributed by atoms with van der Waals surface area (Å²) in [6.45, 7) is 1.55. The molecule has 20 heavy (non-hydrogen) atoms. The van der Waals surface area contributed by atoms with Crippen LogP contribution < -0.4 is 4.74 Å². The first kappa shape index (κ1) is 14.8. The van der Waals surface area contributed by atoms with Gasteiger partial charge in [-0.2, -0.15) is 0 Å². The van der Waals surface area contributed by atoms with Crippen LogP contribution in [-0.2, 0) is 9.84 Å². The third kappa shape index (κ3) is 3.29. The van der Waals surface area contributed by atoms with E-state index in [1.807, 2.05) is 12.1 Å². The highest BCUT2D eigenvalue weighted by atomic mass is 35.5. The molecular weight excluding hydrogens is 300 g/mol. The summed E-state index contributed by atoms with van der Waals surface area (Å²) in [7, 11) is -3.26. The molecule has 0 aliphatic heterocycles. The van der Waals surface area contributed by atoms with Crippen LogP contribution in [0.1, 0.15) is 17.3 Å². The van der Waals surface area contributed by atoms with Crippen molar-refractivity contribution in [3.63, 3.8) is 0 Å². The average molecular weight is 313 g/mol. The fraction of sp³-hybridized carbons (Fsp3) is 0.214. The Labute approximate surface area is 122 Å². The lowest BCUT2D eigenvalue weighted by Gasteiger charge is -2.10. The number of carbonyl (C=O) groups is 1. The molecule has 0 atom stereocenters. The van der Waals surface area contributed by atoms with Crippen molar-refractivity contribution in [2.45, 2.75) is 6.92 Å². The number of halogens is 1. The second-order valence-electron chi connectivity index (χ2n) is 4.26. The first-order chi connectivity index (χ1) is 9.43. The zero-order chi connectivity index (χ0) is 14.8. The Bertz CT molecular complexity index is 753. The van der Waals surface area contributed by atoms with Crippen LogP contribution in [-0.4, -0.2) is 25.4 Å². The van der Waals surface area contributed by atoms with Crippen LogP contribution in [0.15, 0.2) is 36.4 Å². The van der Waals surface area contributed by atoms with Crippen molar-refractivity contribution in [2.24, 2.45) is 0 Å². The maximum atomic E-state index is 11.5. The van der Waals surface area contributed by atoms with Gasteiger partial charge in [-0.15, -0.1) is 0 Å². The Morgan fingerprint density at radius 1 is 1.25 bits per heavy atom. The van der Waals surface area contributed by atoms with Crippen molar-refractivity contribution < 1.29 is 17.9 Å². The number of carbonyl (C=O) groups excluding carboxylic acids is 1. The van der Waals surface area contributed by atoms with Crippen molar-refractivity contribution >= 4 is 37.5 Å². The van der Waals surface area contributed by atoms with Crippen molar-refractivity contribution in [3.8, 4) is 5.75 Å². The molecule has 0 spiro atoms. The predicted molar refractivity (Wildman–Crippen MR) is 79.1 cm³/mol. The van der Waals surface area contributed by atoms with Gasteiger partial charge in [-0.25, -0.2) is 8.42 Å². The second-order valence-corrected chi connectivity index (χ2v) is 6.91. The number of hydrogen-bond acceptors (Lipinski definition) is 4. The molecule has 2 rings (SSSR count). The Morgan fingerprint density at radius 3 is 2.60 bits per heavy atom. The first-order valence-corrected chi connectivity index (χ1v) is 8.19. The van der Waals surface area contributed by atoms with Gasteiger partial charge in [0.2, 0.25) is 0 Å². The minimum Gasteiger partial charge on any atom is -0.477 e. The molecule has 0 aliphatic rings. The van der Waals surface area contributed by atoms with Gasteiger partial charge in [0.25, 0.3) is 5.24 Å². The van der Waals surface area contributed by atoms with Gasteiger partial charge in [-0.1, -0.05) is 31.2 Å². The Hall–Kier alpha value is -1.59. The van der Waals surface area contributed by atoms with Crippen molar-refractivity contribution in [3.05, 3.63) is 42.0 Å². The molecule has 0 fully saturated rings. The van der Waals surface area contributed by atoms with Crippen LogP contribution >= 0.6 is 11.6 Å². The number of benzene rings is 2. The van der Waals surface area contributed by atoms with Crippen LogP contribution in [0.2, 0.25) is 0 Å². The normalized spacial score (nSPS) is 11.5. The zero-order valence-electron chi connectivity index (χ0n) is 10.8. The molecule has 0 aliphatic carbocycles. The highest BCUT2D eigenvalue weighted by Crippen LogP contribution is 2.28. The van der Waals surface area contributed by atoms with Crippen LogP contribution in [0.3, 0.4) is 0 Å². The van der Waals surface area contributed by atoms with Gasteiger partial charge in [0.15, 0.2) is 15.8 Å². The third-order valence-electron chi connectivity index (χ3n) is 2.88. The van der Waals surface area contributed by atoms with Crippen LogP contribution in [0.5, 0.6) is 5.75 Å². The number of sulfone groups is 1. The van der Waals surface area contributed by atoms with E-state index in [-0.39, 0.29) is 11.3 Å². The molecule has 0 saturated heterocycles. The summed E-state index contributed by atoms with van der Waals surface area (Å²) >= 11 is 5.48. The summed E-state index contributed by atoms with van der Waals surface area (Å²) in [5.41, 5.74) is 0.272. The predicted octanol–water partition coefficient (Wildman–Crippen LogP) is 2.99. The van der Waals surface area contributed by atoms with E-state index in [9.17, 15) is 13.2 Å². The fourth-order valence-electron chi connectivity index (χ4n) is 1.74. The van der Waals surface area contributed by atoms with Crippen molar-refractivity contribution in [2.75, 3.05) is 11.7 Å².